The fraction of sp³-hybridized carbons (Fsp3) is 0.636. The smallest absolute Gasteiger partial charge is 0.268 e. The summed E-state index contributed by atoms with van der Waals surface area (Å²) in [4.78, 5) is 16.7. The second kappa shape index (κ2) is 6.07. The molecular formula is C11H16N6O. The summed E-state index contributed by atoms with van der Waals surface area (Å²) in [7, 11) is 0. The van der Waals surface area contributed by atoms with Crippen molar-refractivity contribution in [2.24, 2.45) is 5.11 Å². The molecule has 7 nitrogen and oxygen atoms in total. The molecule has 0 aliphatic carbocycles. The van der Waals surface area contributed by atoms with E-state index in [-0.39, 0.29) is 5.56 Å². The highest BCUT2D eigenvalue weighted by atomic mass is 16.1. The Labute approximate surface area is 105 Å². The van der Waals surface area contributed by atoms with Crippen molar-refractivity contribution >= 4 is 5.69 Å². The molecule has 0 aromatic carbocycles. The number of aryl methyl sites for hydroxylation is 1. The van der Waals surface area contributed by atoms with E-state index < -0.39 is 0 Å². The minimum absolute atomic E-state index is 0.0969. The molecule has 2 heterocycles. The maximum Gasteiger partial charge on any atom is 0.268 e. The zero-order chi connectivity index (χ0) is 12.8. The molecule has 96 valence electrons. The van der Waals surface area contributed by atoms with E-state index in [1.165, 1.54) is 17.5 Å². The number of azide groups is 1. The van der Waals surface area contributed by atoms with Crippen LogP contribution in [0.25, 0.3) is 10.4 Å². The zero-order valence-corrected chi connectivity index (χ0v) is 10.2. The Balaban J connectivity index is 2.00. The van der Waals surface area contributed by atoms with Crippen LogP contribution in [-0.2, 0) is 6.54 Å². The first-order valence-corrected chi connectivity index (χ1v) is 6.14. The van der Waals surface area contributed by atoms with Gasteiger partial charge < -0.3 is 4.90 Å². The van der Waals surface area contributed by atoms with E-state index in [1.54, 1.807) is 12.3 Å². The van der Waals surface area contributed by atoms with E-state index >= 15 is 0 Å². The third-order valence-corrected chi connectivity index (χ3v) is 3.02. The molecule has 1 fully saturated rings. The van der Waals surface area contributed by atoms with E-state index in [4.69, 9.17) is 5.53 Å². The molecular weight excluding hydrogens is 232 g/mol. The predicted molar refractivity (Wildman–Crippen MR) is 68.6 cm³/mol. The highest BCUT2D eigenvalue weighted by molar-refractivity contribution is 5.43. The molecule has 1 aromatic heterocycles. The molecule has 1 aliphatic rings. The quantitative estimate of drug-likeness (QED) is 0.343. The first-order chi connectivity index (χ1) is 8.81. The molecule has 0 bridgehead atoms. The van der Waals surface area contributed by atoms with Crippen LogP contribution in [-0.4, -0.2) is 29.4 Å². The summed E-state index contributed by atoms with van der Waals surface area (Å²) in [5, 5.41) is 7.57. The molecule has 0 N–H and O–H groups in total. The summed E-state index contributed by atoms with van der Waals surface area (Å²) >= 11 is 0. The van der Waals surface area contributed by atoms with Crippen molar-refractivity contribution in [3.63, 3.8) is 0 Å². The van der Waals surface area contributed by atoms with Crippen molar-refractivity contribution in [1.29, 1.82) is 0 Å². The van der Waals surface area contributed by atoms with Crippen LogP contribution in [0.5, 0.6) is 0 Å². The number of rotatable bonds is 5. The maximum absolute atomic E-state index is 11.8. The first kappa shape index (κ1) is 12.4. The minimum atomic E-state index is -0.0969. The standard InChI is InChI=1S/C11H16N6O/c12-15-13-4-3-7-17-11(18)8-10(9-14-17)16-5-1-2-6-16/h8-9H,1-7H2. The fourth-order valence-corrected chi connectivity index (χ4v) is 2.08. The average Bonchev–Trinajstić information content (AvgIpc) is 2.90. The lowest BCUT2D eigenvalue weighted by Crippen LogP contribution is -2.26. The molecule has 0 atom stereocenters. The lowest BCUT2D eigenvalue weighted by Gasteiger charge is -2.16. The lowest BCUT2D eigenvalue weighted by atomic mass is 10.4. The van der Waals surface area contributed by atoms with Gasteiger partial charge in [-0.1, -0.05) is 5.11 Å². The molecule has 1 aromatic rings. The topological polar surface area (TPSA) is 86.9 Å². The molecule has 2 rings (SSSR count). The molecule has 7 heteroatoms. The second-order valence-electron chi connectivity index (χ2n) is 4.28. The molecule has 0 radical (unpaired) electrons. The van der Waals surface area contributed by atoms with Gasteiger partial charge in [0.1, 0.15) is 0 Å². The Morgan fingerprint density at radius 2 is 2.22 bits per heavy atom. The van der Waals surface area contributed by atoms with Crippen molar-refractivity contribution in [3.05, 3.63) is 33.1 Å². The van der Waals surface area contributed by atoms with Crippen LogP contribution in [0.3, 0.4) is 0 Å². The Bertz CT molecular complexity index is 499. The molecule has 18 heavy (non-hydrogen) atoms. The number of aromatic nitrogens is 2. The molecule has 0 unspecified atom stereocenters. The van der Waals surface area contributed by atoms with Crippen LogP contribution in [0, 0.1) is 0 Å². The molecule has 0 saturated carbocycles. The minimum Gasteiger partial charge on any atom is -0.370 e. The molecule has 0 spiro atoms. The van der Waals surface area contributed by atoms with Crippen LogP contribution in [0.1, 0.15) is 19.3 Å². The monoisotopic (exact) mass is 248 g/mol. The third kappa shape index (κ3) is 3.01. The van der Waals surface area contributed by atoms with Gasteiger partial charge in [0.25, 0.3) is 5.56 Å². The van der Waals surface area contributed by atoms with Gasteiger partial charge in [0.2, 0.25) is 0 Å². The highest BCUT2D eigenvalue weighted by Crippen LogP contribution is 2.16. The Hall–Kier alpha value is -2.01. The summed E-state index contributed by atoms with van der Waals surface area (Å²) in [6.07, 6.45) is 4.71. The summed E-state index contributed by atoms with van der Waals surface area (Å²) in [6.45, 7) is 2.88. The Morgan fingerprint density at radius 3 is 2.89 bits per heavy atom. The molecule has 0 amide bonds. The van der Waals surface area contributed by atoms with Crippen LogP contribution in [0.2, 0.25) is 0 Å². The van der Waals surface area contributed by atoms with Gasteiger partial charge in [-0.3, -0.25) is 4.79 Å². The van der Waals surface area contributed by atoms with Gasteiger partial charge in [0.05, 0.1) is 11.9 Å². The average molecular weight is 248 g/mol. The third-order valence-electron chi connectivity index (χ3n) is 3.02. The van der Waals surface area contributed by atoms with Crippen molar-refractivity contribution in [3.8, 4) is 0 Å². The summed E-state index contributed by atoms with van der Waals surface area (Å²) in [6, 6.07) is 1.63. The predicted octanol–water partition coefficient (Wildman–Crippen LogP) is 1.54. The molecule has 1 saturated heterocycles. The van der Waals surface area contributed by atoms with Gasteiger partial charge in [-0.05, 0) is 24.8 Å². The van der Waals surface area contributed by atoms with Gasteiger partial charge in [-0.15, -0.1) is 0 Å². The van der Waals surface area contributed by atoms with Crippen molar-refractivity contribution in [2.75, 3.05) is 24.5 Å². The summed E-state index contributed by atoms with van der Waals surface area (Å²) < 4.78 is 1.41. The zero-order valence-electron chi connectivity index (χ0n) is 10.2. The highest BCUT2D eigenvalue weighted by Gasteiger charge is 2.13. The van der Waals surface area contributed by atoms with Crippen molar-refractivity contribution in [2.45, 2.75) is 25.8 Å². The van der Waals surface area contributed by atoms with Gasteiger partial charge in [-0.25, -0.2) is 4.68 Å². The SMILES string of the molecule is [N-]=[N+]=NCCCn1ncc(N2CCCC2)cc1=O. The largest absolute Gasteiger partial charge is 0.370 e. The van der Waals surface area contributed by atoms with E-state index in [1.807, 2.05) is 0 Å². The van der Waals surface area contributed by atoms with Gasteiger partial charge in [-0.2, -0.15) is 5.10 Å². The van der Waals surface area contributed by atoms with Crippen LogP contribution < -0.4 is 10.5 Å². The number of hydrogen-bond donors (Lipinski definition) is 0. The summed E-state index contributed by atoms with van der Waals surface area (Å²) in [5.74, 6) is 0. The van der Waals surface area contributed by atoms with Crippen LogP contribution in [0.15, 0.2) is 22.2 Å². The van der Waals surface area contributed by atoms with E-state index in [9.17, 15) is 4.79 Å². The lowest BCUT2D eigenvalue weighted by molar-refractivity contribution is 0.553. The van der Waals surface area contributed by atoms with Crippen LogP contribution >= 0.6 is 0 Å². The van der Waals surface area contributed by atoms with Gasteiger partial charge in [0.15, 0.2) is 0 Å². The second-order valence-corrected chi connectivity index (χ2v) is 4.28. The Morgan fingerprint density at radius 1 is 1.44 bits per heavy atom. The fourth-order valence-electron chi connectivity index (χ4n) is 2.08. The maximum atomic E-state index is 11.8. The van der Waals surface area contributed by atoms with Gasteiger partial charge >= 0.3 is 0 Å². The normalized spacial score (nSPS) is 14.6. The molecule has 1 aliphatic heterocycles. The van der Waals surface area contributed by atoms with E-state index in [2.05, 4.69) is 20.0 Å². The Kier molecular flexibility index (Phi) is 4.20. The van der Waals surface area contributed by atoms with Gasteiger partial charge in [0, 0.05) is 37.2 Å². The first-order valence-electron chi connectivity index (χ1n) is 6.14. The van der Waals surface area contributed by atoms with Crippen molar-refractivity contribution in [1.82, 2.24) is 9.78 Å². The number of hydrogen-bond acceptors (Lipinski definition) is 4. The summed E-state index contributed by atoms with van der Waals surface area (Å²) in [5.41, 5.74) is 8.95. The van der Waals surface area contributed by atoms with Crippen molar-refractivity contribution < 1.29 is 0 Å². The van der Waals surface area contributed by atoms with E-state index in [0.717, 1.165) is 18.8 Å². The number of nitrogens with zero attached hydrogens (tertiary/aromatic N) is 6. The van der Waals surface area contributed by atoms with Crippen LogP contribution in [0.4, 0.5) is 5.69 Å². The van der Waals surface area contributed by atoms with E-state index in [0.29, 0.717) is 19.5 Å². The number of anilines is 1.